The van der Waals surface area contributed by atoms with Gasteiger partial charge in [0.1, 0.15) is 5.82 Å². The molecule has 0 unspecified atom stereocenters. The van der Waals surface area contributed by atoms with E-state index in [-0.39, 0.29) is 11.2 Å². The summed E-state index contributed by atoms with van der Waals surface area (Å²) in [4.78, 5) is 0. The Bertz CT molecular complexity index is 325. The summed E-state index contributed by atoms with van der Waals surface area (Å²) in [5, 5.41) is 3.35. The van der Waals surface area contributed by atoms with E-state index in [1.54, 1.807) is 7.11 Å². The van der Waals surface area contributed by atoms with Gasteiger partial charge in [0.2, 0.25) is 0 Å². The molecular weight excluding hydrogens is 205 g/mol. The first-order chi connectivity index (χ1) is 7.77. The molecule has 0 spiro atoms. The summed E-state index contributed by atoms with van der Waals surface area (Å²) in [5.74, 6) is -0.176. The van der Waals surface area contributed by atoms with Crippen LogP contribution in [0.25, 0.3) is 0 Å². The summed E-state index contributed by atoms with van der Waals surface area (Å²) in [6, 6.07) is 6.85. The van der Waals surface area contributed by atoms with Crippen LogP contribution in [-0.2, 0) is 10.2 Å². The van der Waals surface area contributed by atoms with Gasteiger partial charge in [-0.25, -0.2) is 4.39 Å². The van der Waals surface area contributed by atoms with Crippen LogP contribution in [0.15, 0.2) is 24.3 Å². The summed E-state index contributed by atoms with van der Waals surface area (Å²) in [6.45, 7) is 2.71. The predicted octanol–water partition coefficient (Wildman–Crippen LogP) is 2.09. The van der Waals surface area contributed by atoms with E-state index < -0.39 is 0 Å². The van der Waals surface area contributed by atoms with Gasteiger partial charge >= 0.3 is 0 Å². The first-order valence-corrected chi connectivity index (χ1v) is 5.73. The van der Waals surface area contributed by atoms with Crippen LogP contribution in [0.2, 0.25) is 0 Å². The normalized spacial score (nSPS) is 19.6. The summed E-state index contributed by atoms with van der Waals surface area (Å²) >= 11 is 0. The number of ether oxygens (including phenoxy) is 1. The molecular formula is C13H18FNO. The minimum Gasteiger partial charge on any atom is -0.384 e. The topological polar surface area (TPSA) is 21.3 Å². The van der Waals surface area contributed by atoms with Gasteiger partial charge in [0, 0.05) is 12.5 Å². The van der Waals surface area contributed by atoms with Gasteiger partial charge in [-0.3, -0.25) is 0 Å². The van der Waals surface area contributed by atoms with Gasteiger partial charge in [0.25, 0.3) is 0 Å². The second-order valence-electron chi connectivity index (χ2n) is 4.47. The molecule has 2 nitrogen and oxygen atoms in total. The van der Waals surface area contributed by atoms with Crippen LogP contribution in [0.5, 0.6) is 0 Å². The molecule has 1 aromatic carbocycles. The minimum atomic E-state index is -0.176. The fourth-order valence-electron chi connectivity index (χ4n) is 2.50. The standard InChI is InChI=1S/C13H18FNO/c1-16-10-13(6-8-15-9-7-13)11-2-4-12(14)5-3-11/h2-5,15H,6-10H2,1H3. The molecule has 88 valence electrons. The van der Waals surface area contributed by atoms with E-state index in [2.05, 4.69) is 5.32 Å². The quantitative estimate of drug-likeness (QED) is 0.847. The molecule has 0 bridgehead atoms. The maximum absolute atomic E-state index is 12.9. The molecule has 2 rings (SSSR count). The highest BCUT2D eigenvalue weighted by atomic mass is 19.1. The van der Waals surface area contributed by atoms with Crippen LogP contribution in [0, 0.1) is 5.82 Å². The third kappa shape index (κ3) is 2.25. The van der Waals surface area contributed by atoms with Gasteiger partial charge in [-0.1, -0.05) is 12.1 Å². The van der Waals surface area contributed by atoms with Gasteiger partial charge in [-0.05, 0) is 43.6 Å². The third-order valence-corrected chi connectivity index (χ3v) is 3.44. The Labute approximate surface area is 95.8 Å². The summed E-state index contributed by atoms with van der Waals surface area (Å²) in [7, 11) is 1.73. The second-order valence-corrected chi connectivity index (χ2v) is 4.47. The lowest BCUT2D eigenvalue weighted by Gasteiger charge is -2.37. The molecule has 0 atom stereocenters. The molecule has 3 heteroatoms. The van der Waals surface area contributed by atoms with E-state index in [0.29, 0.717) is 6.61 Å². The van der Waals surface area contributed by atoms with Crippen molar-refractivity contribution in [1.82, 2.24) is 5.32 Å². The van der Waals surface area contributed by atoms with Gasteiger partial charge in [0.05, 0.1) is 6.61 Å². The molecule has 0 aliphatic carbocycles. The smallest absolute Gasteiger partial charge is 0.123 e. The Balaban J connectivity index is 2.26. The zero-order chi connectivity index (χ0) is 11.4. The Morgan fingerprint density at radius 3 is 2.44 bits per heavy atom. The van der Waals surface area contributed by atoms with Crippen molar-refractivity contribution < 1.29 is 9.13 Å². The molecule has 1 heterocycles. The molecule has 0 radical (unpaired) electrons. The first-order valence-electron chi connectivity index (χ1n) is 5.73. The highest BCUT2D eigenvalue weighted by Gasteiger charge is 2.33. The largest absolute Gasteiger partial charge is 0.384 e. The van der Waals surface area contributed by atoms with Crippen molar-refractivity contribution >= 4 is 0 Å². The van der Waals surface area contributed by atoms with E-state index in [9.17, 15) is 4.39 Å². The first kappa shape index (κ1) is 11.6. The molecule has 1 N–H and O–H groups in total. The summed E-state index contributed by atoms with van der Waals surface area (Å²) in [5.41, 5.74) is 1.26. The Kier molecular flexibility index (Phi) is 3.56. The molecule has 1 aliphatic rings. The molecule has 1 fully saturated rings. The lowest BCUT2D eigenvalue weighted by atomic mass is 9.74. The fourth-order valence-corrected chi connectivity index (χ4v) is 2.50. The van der Waals surface area contributed by atoms with Gasteiger partial charge in [-0.2, -0.15) is 0 Å². The predicted molar refractivity (Wildman–Crippen MR) is 62.1 cm³/mol. The van der Waals surface area contributed by atoms with Crippen molar-refractivity contribution in [2.45, 2.75) is 18.3 Å². The van der Waals surface area contributed by atoms with Crippen molar-refractivity contribution in [3.8, 4) is 0 Å². The highest BCUT2D eigenvalue weighted by Crippen LogP contribution is 2.33. The van der Waals surface area contributed by atoms with Crippen molar-refractivity contribution in [1.29, 1.82) is 0 Å². The average molecular weight is 223 g/mol. The maximum Gasteiger partial charge on any atom is 0.123 e. The molecule has 16 heavy (non-hydrogen) atoms. The van der Waals surface area contributed by atoms with Crippen molar-refractivity contribution in [2.75, 3.05) is 26.8 Å². The summed E-state index contributed by atoms with van der Waals surface area (Å²) in [6.07, 6.45) is 2.10. The van der Waals surface area contributed by atoms with E-state index in [1.165, 1.54) is 17.7 Å². The van der Waals surface area contributed by atoms with Crippen LogP contribution < -0.4 is 5.32 Å². The number of rotatable bonds is 3. The van der Waals surface area contributed by atoms with Crippen LogP contribution in [-0.4, -0.2) is 26.8 Å². The SMILES string of the molecule is COCC1(c2ccc(F)cc2)CCNCC1. The molecule has 0 aromatic heterocycles. The minimum absolute atomic E-state index is 0.0632. The van der Waals surface area contributed by atoms with Gasteiger partial charge in [0.15, 0.2) is 0 Å². The van der Waals surface area contributed by atoms with Crippen LogP contribution >= 0.6 is 0 Å². The lowest BCUT2D eigenvalue weighted by Crippen LogP contribution is -2.42. The van der Waals surface area contributed by atoms with Crippen LogP contribution in [0.4, 0.5) is 4.39 Å². The molecule has 0 saturated carbocycles. The van der Waals surface area contributed by atoms with E-state index in [0.717, 1.165) is 25.9 Å². The van der Waals surface area contributed by atoms with Gasteiger partial charge in [-0.15, -0.1) is 0 Å². The Morgan fingerprint density at radius 2 is 1.88 bits per heavy atom. The van der Waals surface area contributed by atoms with E-state index in [4.69, 9.17) is 4.74 Å². The highest BCUT2D eigenvalue weighted by molar-refractivity contribution is 5.27. The van der Waals surface area contributed by atoms with Crippen molar-refractivity contribution in [2.24, 2.45) is 0 Å². The van der Waals surface area contributed by atoms with E-state index >= 15 is 0 Å². The number of piperidine rings is 1. The average Bonchev–Trinajstić information content (AvgIpc) is 2.31. The number of hydrogen-bond acceptors (Lipinski definition) is 2. The number of methoxy groups -OCH3 is 1. The number of hydrogen-bond donors (Lipinski definition) is 1. The lowest BCUT2D eigenvalue weighted by molar-refractivity contribution is 0.108. The molecule has 0 amide bonds. The fraction of sp³-hybridized carbons (Fsp3) is 0.538. The van der Waals surface area contributed by atoms with Crippen molar-refractivity contribution in [3.63, 3.8) is 0 Å². The summed E-state index contributed by atoms with van der Waals surface area (Å²) < 4.78 is 18.3. The number of benzene rings is 1. The zero-order valence-electron chi connectivity index (χ0n) is 9.63. The third-order valence-electron chi connectivity index (χ3n) is 3.44. The van der Waals surface area contributed by atoms with Crippen LogP contribution in [0.1, 0.15) is 18.4 Å². The maximum atomic E-state index is 12.9. The second kappa shape index (κ2) is 4.93. The Hall–Kier alpha value is -0.930. The van der Waals surface area contributed by atoms with Crippen LogP contribution in [0.3, 0.4) is 0 Å². The zero-order valence-corrected chi connectivity index (χ0v) is 9.63. The molecule has 1 aromatic rings. The number of halogens is 1. The molecule has 1 saturated heterocycles. The van der Waals surface area contributed by atoms with Crippen molar-refractivity contribution in [3.05, 3.63) is 35.6 Å². The molecule has 1 aliphatic heterocycles. The number of nitrogens with one attached hydrogen (secondary N) is 1. The Morgan fingerprint density at radius 1 is 1.25 bits per heavy atom. The monoisotopic (exact) mass is 223 g/mol. The van der Waals surface area contributed by atoms with E-state index in [1.807, 2.05) is 12.1 Å². The van der Waals surface area contributed by atoms with Gasteiger partial charge < -0.3 is 10.1 Å².